The van der Waals surface area contributed by atoms with Crippen LogP contribution in [0.3, 0.4) is 0 Å². The maximum Gasteiger partial charge on any atom is 0.348 e. The van der Waals surface area contributed by atoms with Crippen LogP contribution in [0.1, 0.15) is 43.7 Å². The minimum absolute atomic E-state index is 0.0556. The van der Waals surface area contributed by atoms with Gasteiger partial charge in [-0.1, -0.05) is 32.0 Å². The minimum atomic E-state index is -1.28. The van der Waals surface area contributed by atoms with E-state index in [1.54, 1.807) is 15.5 Å². The average Bonchev–Trinajstić information content (AvgIpc) is 3.53. The first-order chi connectivity index (χ1) is 16.1. The molecule has 172 valence electrons. The fourth-order valence-electron chi connectivity index (χ4n) is 4.04. The molecule has 0 aliphatic carbocycles. The van der Waals surface area contributed by atoms with Crippen LogP contribution >= 0.6 is 0 Å². The van der Waals surface area contributed by atoms with Crippen LogP contribution in [0.5, 0.6) is 0 Å². The Hall–Kier alpha value is -3.02. The second kappa shape index (κ2) is 9.46. The topological polar surface area (TPSA) is 121 Å². The Balaban J connectivity index is 1.50. The lowest BCUT2D eigenvalue weighted by atomic mass is 10.1. The third-order valence-corrected chi connectivity index (χ3v) is 7.48. The summed E-state index contributed by atoms with van der Waals surface area (Å²) in [5.41, 5.74) is 3.65. The van der Waals surface area contributed by atoms with Crippen LogP contribution in [0, 0.1) is 0 Å². The highest BCUT2D eigenvalue weighted by molar-refractivity contribution is 7.91. The van der Waals surface area contributed by atoms with Gasteiger partial charge >= 0.3 is 5.16 Å². The summed E-state index contributed by atoms with van der Waals surface area (Å²) in [4.78, 5) is 13.4. The van der Waals surface area contributed by atoms with Gasteiger partial charge in [0, 0.05) is 36.1 Å². The summed E-state index contributed by atoms with van der Waals surface area (Å²) in [6.45, 7) is 6.42. The fourth-order valence-corrected chi connectivity index (χ4v) is 5.35. The minimum Gasteiger partial charge on any atom is -0.609 e. The van der Waals surface area contributed by atoms with Crippen molar-refractivity contribution in [1.82, 2.24) is 39.7 Å². The summed E-state index contributed by atoms with van der Waals surface area (Å²) in [7, 11) is 0. The first kappa shape index (κ1) is 21.8. The summed E-state index contributed by atoms with van der Waals surface area (Å²) in [6, 6.07) is 7.96. The number of benzene rings is 1. The lowest BCUT2D eigenvalue weighted by Crippen LogP contribution is -2.36. The lowest BCUT2D eigenvalue weighted by Gasteiger charge is -2.24. The van der Waals surface area contributed by atoms with E-state index in [1.165, 1.54) is 6.33 Å². The molecule has 0 amide bonds. The van der Waals surface area contributed by atoms with Crippen molar-refractivity contribution in [1.29, 1.82) is 0 Å². The predicted octanol–water partition coefficient (Wildman–Crippen LogP) is 2.30. The van der Waals surface area contributed by atoms with E-state index >= 15 is 0 Å². The van der Waals surface area contributed by atoms with Gasteiger partial charge in [0.05, 0.1) is 11.9 Å². The number of rotatable bonds is 7. The van der Waals surface area contributed by atoms with Gasteiger partial charge in [-0.2, -0.15) is 19.7 Å². The standard InChI is InChI=1S/C22H27N9OS/c1-15(2)18-12-26-31-20(18)28-22(33(32)17-7-9-23-10-8-17)29-21(31)25-11-16-5-3-4-6-19(16)30-14-24-13-27-30/h3-6,12-15,17,23H,7-11H2,1-2H3,(H,25,28,29). The SMILES string of the molecule is CC(C)c1cnn2c(NCc3ccccc3-n3cncn3)nc([S+]([O-])C3CCNCC3)nc12. The number of para-hydroxylation sites is 1. The highest BCUT2D eigenvalue weighted by Crippen LogP contribution is 2.26. The van der Waals surface area contributed by atoms with Gasteiger partial charge in [-0.05, 0) is 30.6 Å². The van der Waals surface area contributed by atoms with Gasteiger partial charge in [-0.25, -0.2) is 9.67 Å². The largest absolute Gasteiger partial charge is 0.609 e. The normalized spacial score (nSPS) is 15.9. The van der Waals surface area contributed by atoms with Crippen LogP contribution in [0.4, 0.5) is 5.95 Å². The molecular formula is C22H27N9OS. The summed E-state index contributed by atoms with van der Waals surface area (Å²) < 4.78 is 16.8. The monoisotopic (exact) mass is 465 g/mol. The molecule has 10 nitrogen and oxygen atoms in total. The van der Waals surface area contributed by atoms with E-state index in [1.807, 2.05) is 30.5 Å². The molecule has 1 aliphatic heterocycles. The molecule has 2 N–H and O–H groups in total. The molecule has 1 atom stereocenters. The molecule has 0 spiro atoms. The lowest BCUT2D eigenvalue weighted by molar-refractivity contribution is 0.492. The van der Waals surface area contributed by atoms with Crippen LogP contribution in [0.25, 0.3) is 11.3 Å². The molecule has 1 saturated heterocycles. The van der Waals surface area contributed by atoms with Gasteiger partial charge in [0.2, 0.25) is 5.95 Å². The number of nitrogens with zero attached hydrogens (tertiary/aromatic N) is 7. The number of hydrogen-bond acceptors (Lipinski definition) is 8. The van der Waals surface area contributed by atoms with Crippen molar-refractivity contribution in [2.45, 2.75) is 49.6 Å². The van der Waals surface area contributed by atoms with Gasteiger partial charge in [-0.3, -0.25) is 0 Å². The van der Waals surface area contributed by atoms with Gasteiger partial charge in [0.15, 0.2) is 5.65 Å². The Bertz CT molecular complexity index is 1220. The van der Waals surface area contributed by atoms with E-state index in [-0.39, 0.29) is 11.2 Å². The first-order valence-corrected chi connectivity index (χ1v) is 12.4. The zero-order chi connectivity index (χ0) is 22.8. The maximum absolute atomic E-state index is 13.4. The van der Waals surface area contributed by atoms with E-state index in [4.69, 9.17) is 4.98 Å². The Morgan fingerprint density at radius 2 is 2.00 bits per heavy atom. The maximum atomic E-state index is 13.4. The third kappa shape index (κ3) is 4.43. The van der Waals surface area contributed by atoms with Gasteiger partial charge in [0.1, 0.15) is 17.9 Å². The number of hydrogen-bond donors (Lipinski definition) is 2. The molecule has 1 aliphatic rings. The van der Waals surface area contributed by atoms with Crippen molar-refractivity contribution < 1.29 is 4.55 Å². The van der Waals surface area contributed by atoms with Crippen molar-refractivity contribution >= 4 is 22.8 Å². The molecule has 3 aromatic heterocycles. The summed E-state index contributed by atoms with van der Waals surface area (Å²) in [5.74, 6) is 0.760. The van der Waals surface area contributed by atoms with E-state index in [0.717, 1.165) is 42.7 Å². The zero-order valence-electron chi connectivity index (χ0n) is 18.7. The number of nitrogens with one attached hydrogen (secondary N) is 2. The summed E-state index contributed by atoms with van der Waals surface area (Å²) >= 11 is -1.28. The Morgan fingerprint density at radius 1 is 1.18 bits per heavy atom. The van der Waals surface area contributed by atoms with Crippen LogP contribution in [0.15, 0.2) is 48.3 Å². The van der Waals surface area contributed by atoms with E-state index in [2.05, 4.69) is 44.6 Å². The molecule has 0 radical (unpaired) electrons. The highest BCUT2D eigenvalue weighted by atomic mass is 32.2. The van der Waals surface area contributed by atoms with Crippen molar-refractivity contribution in [2.24, 2.45) is 0 Å². The number of anilines is 1. The summed E-state index contributed by atoms with van der Waals surface area (Å²) in [6.07, 6.45) is 6.71. The smallest absolute Gasteiger partial charge is 0.348 e. The van der Waals surface area contributed by atoms with Gasteiger partial charge in [-0.15, -0.1) is 4.98 Å². The Kier molecular flexibility index (Phi) is 6.25. The quantitative estimate of drug-likeness (QED) is 0.399. The fraction of sp³-hybridized carbons (Fsp3) is 0.409. The van der Waals surface area contributed by atoms with Crippen LogP contribution in [-0.4, -0.2) is 57.2 Å². The van der Waals surface area contributed by atoms with Crippen molar-refractivity contribution in [3.05, 3.63) is 54.2 Å². The molecular weight excluding hydrogens is 438 g/mol. The second-order valence-corrected chi connectivity index (χ2v) is 10.0. The van der Waals surface area contributed by atoms with Crippen molar-refractivity contribution in [2.75, 3.05) is 18.4 Å². The molecule has 33 heavy (non-hydrogen) atoms. The molecule has 1 unspecified atom stereocenters. The first-order valence-electron chi connectivity index (χ1n) is 11.2. The number of piperidine rings is 1. The Morgan fingerprint density at radius 3 is 2.76 bits per heavy atom. The molecule has 0 bridgehead atoms. The Labute approximate surface area is 195 Å². The van der Waals surface area contributed by atoms with Crippen LogP contribution in [-0.2, 0) is 17.7 Å². The molecule has 1 aromatic carbocycles. The number of fused-ring (bicyclic) bond motifs is 1. The third-order valence-electron chi connectivity index (χ3n) is 5.86. The van der Waals surface area contributed by atoms with Crippen LogP contribution in [0.2, 0.25) is 0 Å². The van der Waals surface area contributed by atoms with E-state index < -0.39 is 11.2 Å². The highest BCUT2D eigenvalue weighted by Gasteiger charge is 2.31. The van der Waals surface area contributed by atoms with Gasteiger partial charge < -0.3 is 15.2 Å². The molecule has 5 rings (SSSR count). The van der Waals surface area contributed by atoms with Crippen molar-refractivity contribution in [3.63, 3.8) is 0 Å². The molecule has 4 aromatic rings. The number of aromatic nitrogens is 7. The zero-order valence-corrected chi connectivity index (χ0v) is 19.5. The molecule has 4 heterocycles. The predicted molar refractivity (Wildman–Crippen MR) is 126 cm³/mol. The molecule has 11 heteroatoms. The van der Waals surface area contributed by atoms with Crippen molar-refractivity contribution in [3.8, 4) is 5.69 Å². The van der Waals surface area contributed by atoms with E-state index in [0.29, 0.717) is 23.3 Å². The van der Waals surface area contributed by atoms with Gasteiger partial charge in [0.25, 0.3) is 0 Å². The van der Waals surface area contributed by atoms with Crippen LogP contribution < -0.4 is 10.6 Å². The average molecular weight is 466 g/mol. The molecule has 1 fully saturated rings. The molecule has 0 saturated carbocycles. The summed E-state index contributed by atoms with van der Waals surface area (Å²) in [5, 5.41) is 15.9. The second-order valence-electron chi connectivity index (χ2n) is 8.39. The van der Waals surface area contributed by atoms with E-state index in [9.17, 15) is 4.55 Å².